The minimum absolute atomic E-state index is 0.0960. The molecule has 2 aromatic heterocycles. The van der Waals surface area contributed by atoms with Gasteiger partial charge in [0.15, 0.2) is 5.69 Å². The highest BCUT2D eigenvalue weighted by atomic mass is 19.4. The summed E-state index contributed by atoms with van der Waals surface area (Å²) in [5, 5.41) is 22.2. The van der Waals surface area contributed by atoms with E-state index in [2.05, 4.69) is 9.97 Å². The fraction of sp³-hybridized carbons (Fsp3) is 0.0769. The topological polar surface area (TPSA) is 106 Å². The maximum atomic E-state index is 12.9. The number of alkyl halides is 3. The quantitative estimate of drug-likeness (QED) is 0.783. The largest absolute Gasteiger partial charge is 0.545 e. The van der Waals surface area contributed by atoms with Crippen molar-refractivity contribution in [1.29, 1.82) is 0 Å². The summed E-state index contributed by atoms with van der Waals surface area (Å²) in [5.41, 5.74) is -4.69. The molecule has 0 aliphatic rings. The molecule has 0 aromatic carbocycles. The molecule has 0 aliphatic carbocycles. The highest BCUT2D eigenvalue weighted by Crippen LogP contribution is 2.36. The number of aromatic nitrogens is 2. The molecule has 0 radical (unpaired) electrons. The SMILES string of the molecule is O=C([O-])c1cnc(C(F)(F)F)c(C(=O)[O-])c1-c1ccncc1. The Morgan fingerprint density at radius 1 is 1.05 bits per heavy atom. The predicted octanol–water partition coefficient (Wildman–Crippen LogP) is -0.111. The number of rotatable bonds is 3. The van der Waals surface area contributed by atoms with E-state index in [9.17, 15) is 33.0 Å². The maximum Gasteiger partial charge on any atom is 0.434 e. The summed E-state index contributed by atoms with van der Waals surface area (Å²) in [6.07, 6.45) is -2.36. The number of carbonyl (C=O) groups excluding carboxylic acids is 2. The Morgan fingerprint density at radius 3 is 2.09 bits per heavy atom. The van der Waals surface area contributed by atoms with Crippen LogP contribution in [0, 0.1) is 0 Å². The van der Waals surface area contributed by atoms with E-state index in [-0.39, 0.29) is 5.56 Å². The van der Waals surface area contributed by atoms with Gasteiger partial charge in [0.25, 0.3) is 0 Å². The van der Waals surface area contributed by atoms with E-state index < -0.39 is 40.5 Å². The summed E-state index contributed by atoms with van der Waals surface area (Å²) >= 11 is 0. The first-order valence-electron chi connectivity index (χ1n) is 5.66. The molecule has 0 bridgehead atoms. The van der Waals surface area contributed by atoms with Crippen LogP contribution in [0.3, 0.4) is 0 Å². The van der Waals surface area contributed by atoms with E-state index in [0.717, 1.165) is 12.1 Å². The molecule has 0 atom stereocenters. The fourth-order valence-corrected chi connectivity index (χ4v) is 1.90. The van der Waals surface area contributed by atoms with Crippen molar-refractivity contribution in [2.24, 2.45) is 0 Å². The molecule has 0 N–H and O–H groups in total. The maximum absolute atomic E-state index is 12.9. The third kappa shape index (κ3) is 2.73. The second-order valence-corrected chi connectivity index (χ2v) is 4.08. The average molecular weight is 310 g/mol. The van der Waals surface area contributed by atoms with Gasteiger partial charge in [-0.3, -0.25) is 9.97 Å². The number of pyridine rings is 2. The smallest absolute Gasteiger partial charge is 0.434 e. The van der Waals surface area contributed by atoms with Crippen molar-refractivity contribution in [1.82, 2.24) is 9.97 Å². The Kier molecular flexibility index (Phi) is 3.81. The van der Waals surface area contributed by atoms with Gasteiger partial charge in [-0.1, -0.05) is 0 Å². The molecule has 2 aromatic rings. The zero-order valence-corrected chi connectivity index (χ0v) is 10.5. The summed E-state index contributed by atoms with van der Waals surface area (Å²) in [5.74, 6) is -4.06. The third-order valence-corrected chi connectivity index (χ3v) is 2.74. The molecule has 0 saturated carbocycles. The van der Waals surface area contributed by atoms with Crippen LogP contribution in [0.5, 0.6) is 0 Å². The van der Waals surface area contributed by atoms with E-state index in [1.165, 1.54) is 12.4 Å². The van der Waals surface area contributed by atoms with Gasteiger partial charge in [-0.05, 0) is 17.7 Å². The first-order chi connectivity index (χ1) is 10.2. The van der Waals surface area contributed by atoms with Crippen molar-refractivity contribution in [2.45, 2.75) is 6.18 Å². The Bertz CT molecular complexity index is 745. The van der Waals surface area contributed by atoms with Gasteiger partial charge in [0.2, 0.25) is 0 Å². The van der Waals surface area contributed by atoms with Crippen molar-refractivity contribution < 1.29 is 33.0 Å². The second kappa shape index (κ2) is 5.43. The number of nitrogens with zero attached hydrogens (tertiary/aromatic N) is 2. The van der Waals surface area contributed by atoms with Gasteiger partial charge >= 0.3 is 6.18 Å². The highest BCUT2D eigenvalue weighted by molar-refractivity contribution is 6.04. The number of halogens is 3. The van der Waals surface area contributed by atoms with Crippen molar-refractivity contribution in [3.63, 3.8) is 0 Å². The Hall–Kier alpha value is -2.97. The van der Waals surface area contributed by atoms with E-state index in [0.29, 0.717) is 6.20 Å². The lowest BCUT2D eigenvalue weighted by Crippen LogP contribution is -2.31. The molecule has 0 fully saturated rings. The summed E-state index contributed by atoms with van der Waals surface area (Å²) in [6, 6.07) is 2.32. The number of hydrogen-bond acceptors (Lipinski definition) is 6. The third-order valence-electron chi connectivity index (χ3n) is 2.74. The summed E-state index contributed by atoms with van der Waals surface area (Å²) < 4.78 is 38.7. The minimum Gasteiger partial charge on any atom is -0.545 e. The number of carbonyl (C=O) groups is 2. The van der Waals surface area contributed by atoms with Crippen LogP contribution in [0.15, 0.2) is 30.7 Å². The number of hydrogen-bond donors (Lipinski definition) is 0. The van der Waals surface area contributed by atoms with E-state index >= 15 is 0 Å². The number of aromatic carboxylic acids is 2. The molecular weight excluding hydrogens is 305 g/mol. The summed E-state index contributed by atoms with van der Waals surface area (Å²) in [6.45, 7) is 0. The zero-order chi connectivity index (χ0) is 16.5. The summed E-state index contributed by atoms with van der Waals surface area (Å²) in [7, 11) is 0. The van der Waals surface area contributed by atoms with Crippen LogP contribution in [-0.2, 0) is 6.18 Å². The first-order valence-corrected chi connectivity index (χ1v) is 5.66. The molecule has 2 heterocycles. The Labute approximate surface area is 120 Å². The van der Waals surface area contributed by atoms with Gasteiger partial charge in [0.05, 0.1) is 11.9 Å². The molecule has 0 unspecified atom stereocenters. The lowest BCUT2D eigenvalue weighted by Gasteiger charge is -2.20. The Balaban J connectivity index is 2.93. The number of carboxylic acids is 2. The van der Waals surface area contributed by atoms with Crippen molar-refractivity contribution in [3.8, 4) is 11.1 Å². The Morgan fingerprint density at radius 2 is 1.64 bits per heavy atom. The van der Waals surface area contributed by atoms with Crippen molar-refractivity contribution in [3.05, 3.63) is 47.5 Å². The minimum atomic E-state index is -5.10. The monoisotopic (exact) mass is 310 g/mol. The lowest BCUT2D eigenvalue weighted by molar-refractivity contribution is -0.255. The van der Waals surface area contributed by atoms with Gasteiger partial charge in [-0.2, -0.15) is 13.2 Å². The van der Waals surface area contributed by atoms with Crippen LogP contribution in [0.25, 0.3) is 11.1 Å². The molecule has 0 aliphatic heterocycles. The first kappa shape index (κ1) is 15.4. The van der Waals surface area contributed by atoms with E-state index in [1.54, 1.807) is 0 Å². The summed E-state index contributed by atoms with van der Waals surface area (Å²) in [4.78, 5) is 28.8. The van der Waals surface area contributed by atoms with Gasteiger partial charge in [0, 0.05) is 35.3 Å². The van der Waals surface area contributed by atoms with Crippen LogP contribution >= 0.6 is 0 Å². The predicted molar refractivity (Wildman–Crippen MR) is 61.1 cm³/mol. The van der Waals surface area contributed by atoms with Crippen molar-refractivity contribution >= 4 is 11.9 Å². The van der Waals surface area contributed by atoms with Gasteiger partial charge in [0.1, 0.15) is 0 Å². The lowest BCUT2D eigenvalue weighted by atomic mass is 9.94. The number of carboxylic acid groups (broad SMARTS) is 2. The standard InChI is InChI=1S/C13H7F3N2O4/c14-13(15,16)10-9(12(21)22)8(6-1-3-17-4-2-6)7(5-18-10)11(19)20/h1-5H,(H,19,20)(H,21,22)/p-2. The molecule has 0 saturated heterocycles. The van der Waals surface area contributed by atoms with Crippen LogP contribution < -0.4 is 10.2 Å². The molecule has 0 spiro atoms. The molecule has 114 valence electrons. The van der Waals surface area contributed by atoms with Crippen LogP contribution in [0.4, 0.5) is 13.2 Å². The second-order valence-electron chi connectivity index (χ2n) is 4.08. The van der Waals surface area contributed by atoms with Crippen LogP contribution in [-0.4, -0.2) is 21.9 Å². The molecule has 9 heteroatoms. The zero-order valence-electron chi connectivity index (χ0n) is 10.5. The van der Waals surface area contributed by atoms with E-state index in [4.69, 9.17) is 0 Å². The average Bonchev–Trinajstić information content (AvgIpc) is 2.45. The molecule has 6 nitrogen and oxygen atoms in total. The molecule has 2 rings (SSSR count). The van der Waals surface area contributed by atoms with E-state index in [1.807, 2.05) is 0 Å². The fourth-order valence-electron chi connectivity index (χ4n) is 1.90. The van der Waals surface area contributed by atoms with Crippen LogP contribution in [0.2, 0.25) is 0 Å². The van der Waals surface area contributed by atoms with Gasteiger partial charge in [-0.15, -0.1) is 0 Å². The van der Waals surface area contributed by atoms with Gasteiger partial charge in [-0.25, -0.2) is 0 Å². The highest BCUT2D eigenvalue weighted by Gasteiger charge is 2.37. The molecular formula is C13H5F3N2O4-2. The molecule has 0 amide bonds. The normalized spacial score (nSPS) is 11.2. The van der Waals surface area contributed by atoms with Crippen LogP contribution in [0.1, 0.15) is 26.4 Å². The van der Waals surface area contributed by atoms with Gasteiger partial charge < -0.3 is 19.8 Å². The molecule has 22 heavy (non-hydrogen) atoms. The van der Waals surface area contributed by atoms with Crippen molar-refractivity contribution in [2.75, 3.05) is 0 Å².